The number of hydrogen-bond acceptors (Lipinski definition) is 1. The van der Waals surface area contributed by atoms with Gasteiger partial charge in [0.15, 0.2) is 0 Å². The lowest BCUT2D eigenvalue weighted by Gasteiger charge is -2.30. The summed E-state index contributed by atoms with van der Waals surface area (Å²) in [5.74, 6) is 1.34. The molecule has 1 atom stereocenters. The first-order valence-electron chi connectivity index (χ1n) is 6.65. The van der Waals surface area contributed by atoms with Gasteiger partial charge < -0.3 is 5.73 Å². The van der Waals surface area contributed by atoms with E-state index in [4.69, 9.17) is 5.73 Å². The predicted octanol–water partition coefficient (Wildman–Crippen LogP) is 3.52. The van der Waals surface area contributed by atoms with E-state index in [-0.39, 0.29) is 11.9 Å². The summed E-state index contributed by atoms with van der Waals surface area (Å²) >= 11 is 0. The molecular weight excluding hydrogens is 213 g/mol. The summed E-state index contributed by atoms with van der Waals surface area (Å²) in [5, 5.41) is 0. The quantitative estimate of drug-likeness (QED) is 0.852. The molecule has 1 aromatic rings. The Balaban J connectivity index is 1.88. The standard InChI is InChI=1S/C15H22FN/c1-11-2-6-13(7-3-11)15(17)10-12-4-8-14(16)9-5-12/h4-5,8-9,11,13,15H,2-3,6-7,10,17H2,1H3. The van der Waals surface area contributed by atoms with Crippen molar-refractivity contribution in [3.8, 4) is 0 Å². The van der Waals surface area contributed by atoms with Gasteiger partial charge in [-0.1, -0.05) is 31.9 Å². The van der Waals surface area contributed by atoms with E-state index in [0.717, 1.165) is 17.9 Å². The second kappa shape index (κ2) is 5.63. The van der Waals surface area contributed by atoms with Gasteiger partial charge in [0.25, 0.3) is 0 Å². The summed E-state index contributed by atoms with van der Waals surface area (Å²) in [7, 11) is 0. The fraction of sp³-hybridized carbons (Fsp3) is 0.600. The van der Waals surface area contributed by atoms with E-state index < -0.39 is 0 Å². The summed E-state index contributed by atoms with van der Waals surface area (Å²) in [5.41, 5.74) is 7.42. The van der Waals surface area contributed by atoms with E-state index >= 15 is 0 Å². The first kappa shape index (κ1) is 12.6. The average molecular weight is 235 g/mol. The van der Waals surface area contributed by atoms with Crippen molar-refractivity contribution in [3.05, 3.63) is 35.6 Å². The topological polar surface area (TPSA) is 26.0 Å². The molecule has 1 saturated carbocycles. The third-order valence-electron chi connectivity index (χ3n) is 4.05. The van der Waals surface area contributed by atoms with Crippen molar-refractivity contribution in [1.82, 2.24) is 0 Å². The summed E-state index contributed by atoms with van der Waals surface area (Å²) < 4.78 is 12.8. The Morgan fingerprint density at radius 3 is 2.35 bits per heavy atom. The third-order valence-corrected chi connectivity index (χ3v) is 4.05. The van der Waals surface area contributed by atoms with Gasteiger partial charge in [0.2, 0.25) is 0 Å². The molecule has 1 aliphatic carbocycles. The monoisotopic (exact) mass is 235 g/mol. The lowest BCUT2D eigenvalue weighted by molar-refractivity contribution is 0.253. The van der Waals surface area contributed by atoms with Gasteiger partial charge in [0.05, 0.1) is 0 Å². The molecule has 2 heteroatoms. The minimum Gasteiger partial charge on any atom is -0.327 e. The van der Waals surface area contributed by atoms with Crippen LogP contribution in [-0.2, 0) is 6.42 Å². The normalized spacial score (nSPS) is 26.8. The molecule has 94 valence electrons. The van der Waals surface area contributed by atoms with Gasteiger partial charge in [-0.2, -0.15) is 0 Å². The molecule has 0 amide bonds. The first-order valence-corrected chi connectivity index (χ1v) is 6.65. The van der Waals surface area contributed by atoms with Crippen molar-refractivity contribution < 1.29 is 4.39 Å². The molecule has 17 heavy (non-hydrogen) atoms. The van der Waals surface area contributed by atoms with Crippen LogP contribution in [0.2, 0.25) is 0 Å². The smallest absolute Gasteiger partial charge is 0.123 e. The van der Waals surface area contributed by atoms with E-state index in [1.807, 2.05) is 12.1 Å². The summed E-state index contributed by atoms with van der Waals surface area (Å²) in [4.78, 5) is 0. The molecule has 0 saturated heterocycles. The van der Waals surface area contributed by atoms with E-state index in [1.54, 1.807) is 0 Å². The van der Waals surface area contributed by atoms with Gasteiger partial charge in [-0.05, 0) is 48.8 Å². The number of rotatable bonds is 3. The van der Waals surface area contributed by atoms with Crippen molar-refractivity contribution in [2.24, 2.45) is 17.6 Å². The zero-order valence-electron chi connectivity index (χ0n) is 10.5. The second-order valence-corrected chi connectivity index (χ2v) is 5.51. The number of hydrogen-bond donors (Lipinski definition) is 1. The van der Waals surface area contributed by atoms with Crippen molar-refractivity contribution >= 4 is 0 Å². The molecule has 1 nitrogen and oxygen atoms in total. The Hall–Kier alpha value is -0.890. The number of benzene rings is 1. The van der Waals surface area contributed by atoms with Crippen molar-refractivity contribution in [3.63, 3.8) is 0 Å². The number of halogens is 1. The minimum atomic E-state index is -0.172. The van der Waals surface area contributed by atoms with Gasteiger partial charge in [-0.15, -0.1) is 0 Å². The highest BCUT2D eigenvalue weighted by Crippen LogP contribution is 2.30. The lowest BCUT2D eigenvalue weighted by Crippen LogP contribution is -2.34. The van der Waals surface area contributed by atoms with Gasteiger partial charge in [-0.25, -0.2) is 4.39 Å². The first-order chi connectivity index (χ1) is 8.15. The maximum absolute atomic E-state index is 12.8. The molecule has 1 fully saturated rings. The molecule has 0 heterocycles. The molecule has 2 rings (SSSR count). The largest absolute Gasteiger partial charge is 0.327 e. The van der Waals surface area contributed by atoms with E-state index in [2.05, 4.69) is 6.92 Å². The van der Waals surface area contributed by atoms with Crippen molar-refractivity contribution in [1.29, 1.82) is 0 Å². The SMILES string of the molecule is CC1CCC(C(N)Cc2ccc(F)cc2)CC1. The Morgan fingerprint density at radius 2 is 1.76 bits per heavy atom. The Labute approximate surface area is 103 Å². The maximum atomic E-state index is 12.8. The number of nitrogens with two attached hydrogens (primary N) is 1. The van der Waals surface area contributed by atoms with Gasteiger partial charge in [0.1, 0.15) is 5.82 Å². The van der Waals surface area contributed by atoms with Gasteiger partial charge >= 0.3 is 0 Å². The second-order valence-electron chi connectivity index (χ2n) is 5.51. The third kappa shape index (κ3) is 3.53. The van der Waals surface area contributed by atoms with Crippen LogP contribution in [0.4, 0.5) is 4.39 Å². The molecule has 1 aromatic carbocycles. The molecule has 0 aromatic heterocycles. The van der Waals surface area contributed by atoms with Crippen LogP contribution < -0.4 is 5.73 Å². The fourth-order valence-corrected chi connectivity index (χ4v) is 2.77. The average Bonchev–Trinajstić information content (AvgIpc) is 2.33. The Morgan fingerprint density at radius 1 is 1.18 bits per heavy atom. The Kier molecular flexibility index (Phi) is 4.16. The van der Waals surface area contributed by atoms with E-state index in [0.29, 0.717) is 5.92 Å². The highest BCUT2D eigenvalue weighted by molar-refractivity contribution is 5.17. The van der Waals surface area contributed by atoms with Crippen molar-refractivity contribution in [2.75, 3.05) is 0 Å². The molecule has 0 radical (unpaired) electrons. The van der Waals surface area contributed by atoms with Crippen LogP contribution in [0.25, 0.3) is 0 Å². The van der Waals surface area contributed by atoms with Crippen LogP contribution in [0.3, 0.4) is 0 Å². The van der Waals surface area contributed by atoms with Gasteiger partial charge in [0, 0.05) is 6.04 Å². The summed E-state index contributed by atoms with van der Waals surface area (Å²) in [6.07, 6.45) is 6.00. The highest BCUT2D eigenvalue weighted by atomic mass is 19.1. The van der Waals surface area contributed by atoms with Crippen molar-refractivity contribution in [2.45, 2.75) is 45.1 Å². The minimum absolute atomic E-state index is 0.172. The molecule has 0 aliphatic heterocycles. The lowest BCUT2D eigenvalue weighted by atomic mass is 9.78. The van der Waals surface area contributed by atoms with Crippen LogP contribution in [0.5, 0.6) is 0 Å². The predicted molar refractivity (Wildman–Crippen MR) is 69.2 cm³/mol. The fourth-order valence-electron chi connectivity index (χ4n) is 2.77. The Bertz CT molecular complexity index is 338. The molecule has 1 unspecified atom stereocenters. The summed E-state index contributed by atoms with van der Waals surface area (Å²) in [6.45, 7) is 2.32. The molecule has 0 spiro atoms. The van der Waals surface area contributed by atoms with Crippen LogP contribution in [0.1, 0.15) is 38.2 Å². The van der Waals surface area contributed by atoms with E-state index in [9.17, 15) is 4.39 Å². The van der Waals surface area contributed by atoms with Crippen LogP contribution in [0, 0.1) is 17.7 Å². The van der Waals surface area contributed by atoms with Crippen LogP contribution in [0.15, 0.2) is 24.3 Å². The highest BCUT2D eigenvalue weighted by Gasteiger charge is 2.23. The van der Waals surface area contributed by atoms with Crippen LogP contribution >= 0.6 is 0 Å². The van der Waals surface area contributed by atoms with Gasteiger partial charge in [-0.3, -0.25) is 0 Å². The molecule has 1 aliphatic rings. The molecular formula is C15H22FN. The van der Waals surface area contributed by atoms with Crippen LogP contribution in [-0.4, -0.2) is 6.04 Å². The summed E-state index contributed by atoms with van der Waals surface area (Å²) in [6, 6.07) is 6.96. The molecule has 2 N–H and O–H groups in total. The maximum Gasteiger partial charge on any atom is 0.123 e. The van der Waals surface area contributed by atoms with E-state index in [1.165, 1.54) is 37.8 Å². The molecule has 0 bridgehead atoms. The zero-order chi connectivity index (χ0) is 12.3. The zero-order valence-corrected chi connectivity index (χ0v) is 10.5.